The fourth-order valence-electron chi connectivity index (χ4n) is 1.26. The van der Waals surface area contributed by atoms with Crippen LogP contribution in [0.3, 0.4) is 0 Å². The molecule has 3 atom stereocenters. The Labute approximate surface area is 65.4 Å². The molecule has 0 saturated carbocycles. The van der Waals surface area contributed by atoms with Gasteiger partial charge in [-0.25, -0.2) is 0 Å². The zero-order valence-electron chi connectivity index (χ0n) is 6.69. The molecular weight excluding hydrogens is 148 g/mol. The summed E-state index contributed by atoms with van der Waals surface area (Å²) in [5.74, 6) is 0. The standard InChI is InChI=1S/C7H14O4/c1-7(2)3-4(8)5(9)6(10)11-7/h4-6,8-10H,3H2,1-2H3/t4-,5?,6?/m0/s1. The van der Waals surface area contributed by atoms with Gasteiger partial charge in [0.1, 0.15) is 6.10 Å². The molecule has 66 valence electrons. The minimum absolute atomic E-state index is 0.339. The summed E-state index contributed by atoms with van der Waals surface area (Å²) in [5.41, 5.74) is -0.557. The van der Waals surface area contributed by atoms with Gasteiger partial charge in [0.15, 0.2) is 6.29 Å². The lowest BCUT2D eigenvalue weighted by Gasteiger charge is -2.39. The molecule has 1 aliphatic rings. The molecule has 2 unspecified atom stereocenters. The van der Waals surface area contributed by atoms with Crippen molar-refractivity contribution in [3.63, 3.8) is 0 Å². The van der Waals surface area contributed by atoms with Crippen molar-refractivity contribution in [2.24, 2.45) is 0 Å². The van der Waals surface area contributed by atoms with Crippen molar-refractivity contribution in [1.29, 1.82) is 0 Å². The summed E-state index contributed by atoms with van der Waals surface area (Å²) in [6.45, 7) is 3.51. The lowest BCUT2D eigenvalue weighted by atomic mass is 9.94. The molecule has 0 aromatic rings. The first-order valence-corrected chi connectivity index (χ1v) is 3.64. The third-order valence-corrected chi connectivity index (χ3v) is 1.83. The van der Waals surface area contributed by atoms with Crippen molar-refractivity contribution in [2.75, 3.05) is 0 Å². The maximum atomic E-state index is 9.19. The van der Waals surface area contributed by atoms with Gasteiger partial charge in [0, 0.05) is 6.42 Å². The predicted octanol–water partition coefficient (Wildman–Crippen LogP) is -0.775. The largest absolute Gasteiger partial charge is 0.390 e. The summed E-state index contributed by atoms with van der Waals surface area (Å²) in [6, 6.07) is 0. The highest BCUT2D eigenvalue weighted by Crippen LogP contribution is 2.27. The lowest BCUT2D eigenvalue weighted by molar-refractivity contribution is -0.273. The van der Waals surface area contributed by atoms with Gasteiger partial charge in [-0.1, -0.05) is 0 Å². The average molecular weight is 162 g/mol. The lowest BCUT2D eigenvalue weighted by Crippen LogP contribution is -2.52. The third-order valence-electron chi connectivity index (χ3n) is 1.83. The first-order valence-electron chi connectivity index (χ1n) is 3.64. The molecule has 11 heavy (non-hydrogen) atoms. The van der Waals surface area contributed by atoms with Crippen LogP contribution in [0.2, 0.25) is 0 Å². The van der Waals surface area contributed by atoms with E-state index in [1.807, 2.05) is 0 Å². The van der Waals surface area contributed by atoms with E-state index in [1.54, 1.807) is 13.8 Å². The van der Waals surface area contributed by atoms with Crippen LogP contribution < -0.4 is 0 Å². The second-order valence-electron chi connectivity index (χ2n) is 3.53. The number of aliphatic hydroxyl groups is 3. The predicted molar refractivity (Wildman–Crippen MR) is 37.8 cm³/mol. The summed E-state index contributed by atoms with van der Waals surface area (Å²) in [6.07, 6.45) is -3.00. The summed E-state index contributed by atoms with van der Waals surface area (Å²) < 4.78 is 5.00. The van der Waals surface area contributed by atoms with Gasteiger partial charge in [-0.3, -0.25) is 0 Å². The fraction of sp³-hybridized carbons (Fsp3) is 1.00. The highest BCUT2D eigenvalue weighted by molar-refractivity contribution is 4.85. The number of rotatable bonds is 0. The van der Waals surface area contributed by atoms with Gasteiger partial charge in [0.25, 0.3) is 0 Å². The van der Waals surface area contributed by atoms with E-state index in [9.17, 15) is 5.11 Å². The molecule has 0 aliphatic carbocycles. The van der Waals surface area contributed by atoms with Crippen LogP contribution in [0.15, 0.2) is 0 Å². The molecular formula is C7H14O4. The van der Waals surface area contributed by atoms with Crippen LogP contribution in [-0.4, -0.2) is 39.4 Å². The Morgan fingerprint density at radius 1 is 1.27 bits per heavy atom. The Morgan fingerprint density at radius 2 is 1.82 bits per heavy atom. The number of hydrogen-bond acceptors (Lipinski definition) is 4. The van der Waals surface area contributed by atoms with Crippen LogP contribution in [-0.2, 0) is 4.74 Å². The Bertz CT molecular complexity index is 131. The van der Waals surface area contributed by atoms with Gasteiger partial charge in [-0.05, 0) is 13.8 Å². The SMILES string of the molecule is CC1(C)C[C@H](O)C(O)C(O)O1. The molecule has 0 aromatic carbocycles. The molecule has 0 amide bonds. The van der Waals surface area contributed by atoms with Crippen LogP contribution in [0.5, 0.6) is 0 Å². The summed E-state index contributed by atoms with van der Waals surface area (Å²) in [7, 11) is 0. The highest BCUT2D eigenvalue weighted by atomic mass is 16.6. The second-order valence-corrected chi connectivity index (χ2v) is 3.53. The monoisotopic (exact) mass is 162 g/mol. The minimum Gasteiger partial charge on any atom is -0.390 e. The molecule has 1 fully saturated rings. The maximum Gasteiger partial charge on any atom is 0.184 e. The molecule has 0 spiro atoms. The molecule has 3 N–H and O–H groups in total. The van der Waals surface area contributed by atoms with Gasteiger partial charge < -0.3 is 20.1 Å². The first kappa shape index (κ1) is 8.93. The topological polar surface area (TPSA) is 69.9 Å². The van der Waals surface area contributed by atoms with Crippen LogP contribution in [0, 0.1) is 0 Å². The number of ether oxygens (including phenoxy) is 1. The van der Waals surface area contributed by atoms with Crippen LogP contribution in [0.25, 0.3) is 0 Å². The van der Waals surface area contributed by atoms with Crippen molar-refractivity contribution in [3.05, 3.63) is 0 Å². The minimum atomic E-state index is -1.27. The third kappa shape index (κ3) is 1.90. The van der Waals surface area contributed by atoms with Crippen LogP contribution in [0.1, 0.15) is 20.3 Å². The number of aliphatic hydroxyl groups excluding tert-OH is 3. The quantitative estimate of drug-likeness (QED) is 0.437. The van der Waals surface area contributed by atoms with E-state index in [1.165, 1.54) is 0 Å². The van der Waals surface area contributed by atoms with E-state index >= 15 is 0 Å². The zero-order valence-corrected chi connectivity index (χ0v) is 6.69. The summed E-state index contributed by atoms with van der Waals surface area (Å²) in [4.78, 5) is 0. The van der Waals surface area contributed by atoms with Gasteiger partial charge in [0.2, 0.25) is 0 Å². The molecule has 1 saturated heterocycles. The fourth-order valence-corrected chi connectivity index (χ4v) is 1.26. The molecule has 0 bridgehead atoms. The van der Waals surface area contributed by atoms with Gasteiger partial charge in [-0.15, -0.1) is 0 Å². The average Bonchev–Trinajstić information content (AvgIpc) is 1.81. The molecule has 0 aromatic heterocycles. The van der Waals surface area contributed by atoms with Gasteiger partial charge >= 0.3 is 0 Å². The van der Waals surface area contributed by atoms with Crippen molar-refractivity contribution >= 4 is 0 Å². The van der Waals surface area contributed by atoms with Gasteiger partial charge in [0.05, 0.1) is 11.7 Å². The molecule has 1 aliphatic heterocycles. The molecule has 0 radical (unpaired) electrons. The van der Waals surface area contributed by atoms with Crippen molar-refractivity contribution < 1.29 is 20.1 Å². The molecule has 4 heteroatoms. The molecule has 4 nitrogen and oxygen atoms in total. The highest BCUT2D eigenvalue weighted by Gasteiger charge is 2.39. The van der Waals surface area contributed by atoms with Gasteiger partial charge in [-0.2, -0.15) is 0 Å². The molecule has 1 heterocycles. The van der Waals surface area contributed by atoms with Crippen LogP contribution in [0.4, 0.5) is 0 Å². The Balaban J connectivity index is 2.62. The van der Waals surface area contributed by atoms with Crippen molar-refractivity contribution in [2.45, 2.75) is 44.4 Å². The van der Waals surface area contributed by atoms with Crippen LogP contribution >= 0.6 is 0 Å². The Hall–Kier alpha value is -0.160. The molecule has 1 rings (SSSR count). The Kier molecular flexibility index (Phi) is 2.20. The van der Waals surface area contributed by atoms with E-state index in [4.69, 9.17) is 14.9 Å². The summed E-state index contributed by atoms with van der Waals surface area (Å²) in [5, 5.41) is 27.3. The van der Waals surface area contributed by atoms with E-state index in [0.29, 0.717) is 6.42 Å². The van der Waals surface area contributed by atoms with E-state index in [0.717, 1.165) is 0 Å². The maximum absolute atomic E-state index is 9.19. The van der Waals surface area contributed by atoms with Crippen molar-refractivity contribution in [1.82, 2.24) is 0 Å². The zero-order chi connectivity index (χ0) is 8.65. The second kappa shape index (κ2) is 2.71. The van der Waals surface area contributed by atoms with E-state index < -0.39 is 24.1 Å². The van der Waals surface area contributed by atoms with E-state index in [2.05, 4.69) is 0 Å². The van der Waals surface area contributed by atoms with E-state index in [-0.39, 0.29) is 0 Å². The number of hydrogen-bond donors (Lipinski definition) is 3. The first-order chi connectivity index (χ1) is 4.92. The van der Waals surface area contributed by atoms with Crippen molar-refractivity contribution in [3.8, 4) is 0 Å². The smallest absolute Gasteiger partial charge is 0.184 e. The summed E-state index contributed by atoms with van der Waals surface area (Å²) >= 11 is 0. The normalized spacial score (nSPS) is 43.9. The Morgan fingerprint density at radius 3 is 2.27 bits per heavy atom.